The third kappa shape index (κ3) is 3.77. The quantitative estimate of drug-likeness (QED) is 0.541. The molecule has 0 aliphatic carbocycles. The molecule has 1 amide bonds. The molecular weight excluding hydrogens is 380 g/mol. The molecule has 0 unspecified atom stereocenters. The minimum Gasteiger partial charge on any atom is -0.448 e. The van der Waals surface area contributed by atoms with E-state index in [4.69, 9.17) is 4.42 Å². The second kappa shape index (κ2) is 8.00. The van der Waals surface area contributed by atoms with Gasteiger partial charge in [0.05, 0.1) is 11.7 Å². The summed E-state index contributed by atoms with van der Waals surface area (Å²) in [5, 5.41) is 6.98. The highest BCUT2D eigenvalue weighted by Crippen LogP contribution is 2.25. The number of nitrogens with zero attached hydrogens (tertiary/aromatic N) is 4. The van der Waals surface area contributed by atoms with Crippen molar-refractivity contribution in [2.75, 3.05) is 18.4 Å². The molecule has 0 spiro atoms. The number of hydrogen-bond acceptors (Lipinski definition) is 7. The third-order valence-electron chi connectivity index (χ3n) is 5.25. The number of hydrogen-bond donors (Lipinski definition) is 2. The zero-order valence-corrected chi connectivity index (χ0v) is 16.2. The van der Waals surface area contributed by atoms with Crippen molar-refractivity contribution in [1.29, 1.82) is 0 Å². The van der Waals surface area contributed by atoms with E-state index in [-0.39, 0.29) is 17.5 Å². The summed E-state index contributed by atoms with van der Waals surface area (Å²) in [7, 11) is 0. The zero-order chi connectivity index (χ0) is 20.3. The highest BCUT2D eigenvalue weighted by Gasteiger charge is 2.22. The van der Waals surface area contributed by atoms with Crippen LogP contribution in [-0.4, -0.2) is 38.9 Å². The zero-order valence-electron chi connectivity index (χ0n) is 16.2. The molecule has 0 saturated carbocycles. The van der Waals surface area contributed by atoms with Gasteiger partial charge in [0.15, 0.2) is 11.6 Å². The summed E-state index contributed by atoms with van der Waals surface area (Å²) in [6.07, 6.45) is 10.3. The molecule has 8 heteroatoms. The number of pyridine rings is 3. The van der Waals surface area contributed by atoms with Crippen LogP contribution in [0.15, 0.2) is 59.7 Å². The average Bonchev–Trinajstić information content (AvgIpc) is 3.30. The molecule has 1 saturated heterocycles. The molecule has 5 rings (SSSR count). The van der Waals surface area contributed by atoms with Crippen LogP contribution in [0.5, 0.6) is 0 Å². The predicted molar refractivity (Wildman–Crippen MR) is 112 cm³/mol. The monoisotopic (exact) mass is 400 g/mol. The van der Waals surface area contributed by atoms with Crippen LogP contribution in [0, 0.1) is 0 Å². The fourth-order valence-corrected chi connectivity index (χ4v) is 3.62. The lowest BCUT2D eigenvalue weighted by Crippen LogP contribution is -2.26. The van der Waals surface area contributed by atoms with E-state index in [2.05, 4.69) is 30.6 Å². The Balaban J connectivity index is 1.36. The molecule has 150 valence electrons. The minimum atomic E-state index is -0.345. The number of rotatable bonds is 4. The van der Waals surface area contributed by atoms with E-state index < -0.39 is 0 Å². The van der Waals surface area contributed by atoms with Crippen molar-refractivity contribution in [2.24, 2.45) is 0 Å². The molecule has 5 heterocycles. The summed E-state index contributed by atoms with van der Waals surface area (Å²) in [4.78, 5) is 29.9. The summed E-state index contributed by atoms with van der Waals surface area (Å²) in [6, 6.07) is 7.66. The number of carbonyl (C=O) groups excluding carboxylic acids is 1. The summed E-state index contributed by atoms with van der Waals surface area (Å²) in [5.74, 6) is 0.966. The average molecular weight is 400 g/mol. The standard InChI is InChI=1S/C22H20N6O2/c29-21(19-13-30-22(27-19)14-3-6-23-7-4-14)28-20-9-16-8-17(11-25-18(16)12-26-20)15-2-1-5-24-10-15/h1-2,5,8-14,23H,3-4,6-7H2,(H,26,28,29). The van der Waals surface area contributed by atoms with Gasteiger partial charge in [-0.05, 0) is 44.1 Å². The summed E-state index contributed by atoms with van der Waals surface area (Å²) >= 11 is 0. The van der Waals surface area contributed by atoms with Gasteiger partial charge < -0.3 is 15.1 Å². The topological polar surface area (TPSA) is 106 Å². The van der Waals surface area contributed by atoms with E-state index in [0.29, 0.717) is 11.7 Å². The Morgan fingerprint density at radius 3 is 2.83 bits per heavy atom. The van der Waals surface area contributed by atoms with Gasteiger partial charge in [0, 0.05) is 41.0 Å². The van der Waals surface area contributed by atoms with E-state index in [1.807, 2.05) is 18.2 Å². The smallest absolute Gasteiger partial charge is 0.278 e. The first-order chi connectivity index (χ1) is 14.8. The van der Waals surface area contributed by atoms with Crippen molar-refractivity contribution < 1.29 is 9.21 Å². The second-order valence-electron chi connectivity index (χ2n) is 7.28. The first-order valence-corrected chi connectivity index (χ1v) is 9.90. The Morgan fingerprint density at radius 2 is 2.00 bits per heavy atom. The highest BCUT2D eigenvalue weighted by atomic mass is 16.3. The lowest BCUT2D eigenvalue weighted by molar-refractivity contribution is 0.102. The molecule has 0 aromatic carbocycles. The van der Waals surface area contributed by atoms with Gasteiger partial charge in [-0.1, -0.05) is 6.07 Å². The molecule has 1 aliphatic heterocycles. The van der Waals surface area contributed by atoms with Gasteiger partial charge in [-0.3, -0.25) is 14.8 Å². The predicted octanol–water partition coefficient (Wildman–Crippen LogP) is 3.40. The number of amides is 1. The van der Waals surface area contributed by atoms with E-state index in [1.165, 1.54) is 6.26 Å². The van der Waals surface area contributed by atoms with E-state index in [9.17, 15) is 4.79 Å². The lowest BCUT2D eigenvalue weighted by Gasteiger charge is -2.19. The van der Waals surface area contributed by atoms with Crippen LogP contribution in [0.3, 0.4) is 0 Å². The summed E-state index contributed by atoms with van der Waals surface area (Å²) in [6.45, 7) is 1.87. The Morgan fingerprint density at radius 1 is 1.10 bits per heavy atom. The Kier molecular flexibility index (Phi) is 4.90. The molecule has 4 aromatic heterocycles. The van der Waals surface area contributed by atoms with Gasteiger partial charge in [-0.15, -0.1) is 0 Å². The number of carbonyl (C=O) groups is 1. The first-order valence-electron chi connectivity index (χ1n) is 9.90. The van der Waals surface area contributed by atoms with Gasteiger partial charge in [0.2, 0.25) is 0 Å². The third-order valence-corrected chi connectivity index (χ3v) is 5.25. The fraction of sp³-hybridized carbons (Fsp3) is 0.227. The maximum absolute atomic E-state index is 12.6. The molecule has 8 nitrogen and oxygen atoms in total. The molecule has 0 bridgehead atoms. The van der Waals surface area contributed by atoms with Crippen molar-refractivity contribution in [1.82, 2.24) is 25.3 Å². The number of piperidine rings is 1. The maximum atomic E-state index is 12.6. The molecule has 30 heavy (non-hydrogen) atoms. The summed E-state index contributed by atoms with van der Waals surface area (Å²) in [5.41, 5.74) is 2.92. The minimum absolute atomic E-state index is 0.253. The van der Waals surface area contributed by atoms with Crippen LogP contribution in [-0.2, 0) is 0 Å². The van der Waals surface area contributed by atoms with Crippen LogP contribution in [0.2, 0.25) is 0 Å². The molecule has 0 radical (unpaired) electrons. The number of oxazole rings is 1. The molecule has 0 atom stereocenters. The van der Waals surface area contributed by atoms with Crippen LogP contribution in [0.25, 0.3) is 22.0 Å². The largest absolute Gasteiger partial charge is 0.448 e. The SMILES string of the molecule is O=C(Nc1cc2cc(-c3cccnc3)cnc2cn1)c1coc(C2CCNCC2)n1. The van der Waals surface area contributed by atoms with E-state index in [0.717, 1.165) is 48.0 Å². The van der Waals surface area contributed by atoms with Crippen LogP contribution < -0.4 is 10.6 Å². The van der Waals surface area contributed by atoms with Gasteiger partial charge >= 0.3 is 0 Å². The maximum Gasteiger partial charge on any atom is 0.278 e. The number of fused-ring (bicyclic) bond motifs is 1. The molecule has 1 aliphatic rings. The molecule has 1 fully saturated rings. The first kappa shape index (κ1) is 18.4. The molecular formula is C22H20N6O2. The number of aromatic nitrogens is 4. The summed E-state index contributed by atoms with van der Waals surface area (Å²) < 4.78 is 5.56. The molecule has 4 aromatic rings. The van der Waals surface area contributed by atoms with Crippen LogP contribution in [0.1, 0.15) is 35.1 Å². The van der Waals surface area contributed by atoms with Crippen molar-refractivity contribution in [3.63, 3.8) is 0 Å². The fourth-order valence-electron chi connectivity index (χ4n) is 3.62. The number of nitrogens with one attached hydrogen (secondary N) is 2. The molecule has 2 N–H and O–H groups in total. The van der Waals surface area contributed by atoms with Gasteiger partial charge in [-0.25, -0.2) is 9.97 Å². The van der Waals surface area contributed by atoms with E-state index >= 15 is 0 Å². The van der Waals surface area contributed by atoms with Crippen molar-refractivity contribution >= 4 is 22.6 Å². The van der Waals surface area contributed by atoms with Gasteiger partial charge in [-0.2, -0.15) is 0 Å². The Hall–Kier alpha value is -3.65. The highest BCUT2D eigenvalue weighted by molar-refractivity contribution is 6.02. The van der Waals surface area contributed by atoms with Crippen molar-refractivity contribution in [3.8, 4) is 11.1 Å². The normalized spacial score (nSPS) is 14.7. The Bertz CT molecular complexity index is 1180. The van der Waals surface area contributed by atoms with Crippen LogP contribution in [0.4, 0.5) is 5.82 Å². The van der Waals surface area contributed by atoms with Crippen molar-refractivity contribution in [3.05, 3.63) is 66.9 Å². The van der Waals surface area contributed by atoms with Gasteiger partial charge in [0.25, 0.3) is 5.91 Å². The second-order valence-corrected chi connectivity index (χ2v) is 7.28. The van der Waals surface area contributed by atoms with E-state index in [1.54, 1.807) is 30.9 Å². The van der Waals surface area contributed by atoms with Gasteiger partial charge in [0.1, 0.15) is 12.1 Å². The van der Waals surface area contributed by atoms with Crippen LogP contribution >= 0.6 is 0 Å². The van der Waals surface area contributed by atoms with Crippen molar-refractivity contribution in [2.45, 2.75) is 18.8 Å². The lowest BCUT2D eigenvalue weighted by atomic mass is 9.98. The Labute approximate surface area is 172 Å². The number of anilines is 1.